The Balaban J connectivity index is 1.81. The van der Waals surface area contributed by atoms with Crippen molar-refractivity contribution in [2.24, 2.45) is 11.8 Å². The number of rotatable bonds is 6. The molecule has 1 heterocycles. The molecule has 0 bridgehead atoms. The number of amides is 1. The van der Waals surface area contributed by atoms with Crippen LogP contribution in [0.25, 0.3) is 0 Å². The summed E-state index contributed by atoms with van der Waals surface area (Å²) in [5, 5.41) is 10.7. The Morgan fingerprint density at radius 1 is 1.45 bits per heavy atom. The van der Waals surface area contributed by atoms with Gasteiger partial charge in [-0.3, -0.25) is 4.79 Å². The summed E-state index contributed by atoms with van der Waals surface area (Å²) in [4.78, 5) is 13.3. The summed E-state index contributed by atoms with van der Waals surface area (Å²) < 4.78 is 53.7. The van der Waals surface area contributed by atoms with Crippen LogP contribution in [0.5, 0.6) is 0 Å². The zero-order valence-corrected chi connectivity index (χ0v) is 12.4. The van der Waals surface area contributed by atoms with Crippen molar-refractivity contribution in [3.8, 4) is 0 Å². The van der Waals surface area contributed by atoms with Crippen molar-refractivity contribution in [2.45, 2.75) is 44.1 Å². The molecule has 1 N–H and O–H groups in total. The number of ether oxygens (including phenoxy) is 1. The molecule has 1 saturated carbocycles. The second kappa shape index (κ2) is 6.31. The van der Waals surface area contributed by atoms with E-state index in [1.807, 2.05) is 6.92 Å². The number of hydrogen-bond donors (Lipinski definition) is 1. The molecule has 0 spiro atoms. The smallest absolute Gasteiger partial charge is 0.330 e. The number of hydrogen-bond acceptors (Lipinski definition) is 3. The molecule has 1 saturated heterocycles. The number of halogens is 4. The van der Waals surface area contributed by atoms with E-state index in [0.29, 0.717) is 6.54 Å². The van der Waals surface area contributed by atoms with Gasteiger partial charge in [0.05, 0.1) is 12.1 Å². The molecule has 0 aromatic heterocycles. The molecule has 8 heteroatoms. The van der Waals surface area contributed by atoms with E-state index < -0.39 is 37.1 Å². The van der Waals surface area contributed by atoms with Crippen molar-refractivity contribution in [3.05, 3.63) is 0 Å². The van der Waals surface area contributed by atoms with Gasteiger partial charge in [0.25, 0.3) is 0 Å². The van der Waals surface area contributed by atoms with Gasteiger partial charge in [0.2, 0.25) is 5.91 Å². The van der Waals surface area contributed by atoms with Crippen LogP contribution in [-0.2, 0) is 9.53 Å². The van der Waals surface area contributed by atoms with E-state index >= 15 is 0 Å². The molecule has 2 rings (SSSR count). The molecule has 1 aliphatic heterocycles. The molecule has 0 aromatic carbocycles. The predicted molar refractivity (Wildman–Crippen MR) is 69.8 cm³/mol. The maximum atomic E-state index is 12.7. The van der Waals surface area contributed by atoms with Crippen LogP contribution < -0.4 is 0 Å². The van der Waals surface area contributed by atoms with Gasteiger partial charge in [-0.05, 0) is 18.8 Å². The van der Waals surface area contributed by atoms with Crippen LogP contribution in [0.4, 0.5) is 17.6 Å². The zero-order chi connectivity index (χ0) is 16.5. The van der Waals surface area contributed by atoms with Crippen LogP contribution >= 0.6 is 0 Å². The Morgan fingerprint density at radius 2 is 2.09 bits per heavy atom. The number of likely N-dealkylation sites (tertiary alicyclic amines) is 1. The lowest BCUT2D eigenvalue weighted by Crippen LogP contribution is -2.48. The lowest BCUT2D eigenvalue weighted by molar-refractivity contribution is -0.171. The highest BCUT2D eigenvalue weighted by Crippen LogP contribution is 2.44. The van der Waals surface area contributed by atoms with Gasteiger partial charge in [0.1, 0.15) is 13.2 Å². The van der Waals surface area contributed by atoms with E-state index in [1.54, 1.807) is 0 Å². The van der Waals surface area contributed by atoms with Gasteiger partial charge in [0.15, 0.2) is 0 Å². The molecule has 22 heavy (non-hydrogen) atoms. The summed E-state index contributed by atoms with van der Waals surface area (Å²) in [6.07, 6.45) is -0.933. The second-order valence-corrected chi connectivity index (χ2v) is 6.35. The van der Waals surface area contributed by atoms with E-state index in [-0.39, 0.29) is 18.4 Å². The maximum Gasteiger partial charge on any atom is 0.330 e. The Morgan fingerprint density at radius 3 is 2.59 bits per heavy atom. The molecule has 1 aliphatic carbocycles. The molecule has 0 unspecified atom stereocenters. The summed E-state index contributed by atoms with van der Waals surface area (Å²) >= 11 is 0. The Labute approximate surface area is 126 Å². The van der Waals surface area contributed by atoms with Gasteiger partial charge in [-0.1, -0.05) is 13.3 Å². The summed E-state index contributed by atoms with van der Waals surface area (Å²) in [5.41, 5.74) is -0.944. The highest BCUT2D eigenvalue weighted by atomic mass is 19.3. The maximum absolute atomic E-state index is 12.7. The van der Waals surface area contributed by atoms with Gasteiger partial charge in [-0.15, -0.1) is 0 Å². The number of carbonyl (C=O) groups is 1. The van der Waals surface area contributed by atoms with Gasteiger partial charge < -0.3 is 14.7 Å². The van der Waals surface area contributed by atoms with Crippen molar-refractivity contribution in [1.29, 1.82) is 0 Å². The van der Waals surface area contributed by atoms with E-state index in [1.165, 1.54) is 4.90 Å². The summed E-state index contributed by atoms with van der Waals surface area (Å²) in [5.74, 6) is -4.77. The van der Waals surface area contributed by atoms with Crippen LogP contribution in [0.15, 0.2) is 0 Å². The topological polar surface area (TPSA) is 49.8 Å². The number of aliphatic hydroxyl groups is 1. The number of nitrogens with zero attached hydrogens (tertiary/aromatic N) is 1. The minimum Gasteiger partial charge on any atom is -0.387 e. The molecular formula is C14H21F4NO3. The standard InChI is InChI=1S/C14H21F4NO3/c1-9-5-19(7-13(9,21)10-3-2-4-10)11(20)6-22-8-14(17,18)12(15)16/h9-10,12,21H,2-8H2,1H3/t9-,13+/m1/s1. The predicted octanol–water partition coefficient (Wildman–Crippen LogP) is 1.91. The van der Waals surface area contributed by atoms with Gasteiger partial charge >= 0.3 is 12.3 Å². The fraction of sp³-hybridized carbons (Fsp3) is 0.929. The van der Waals surface area contributed by atoms with Crippen molar-refractivity contribution in [3.63, 3.8) is 0 Å². The van der Waals surface area contributed by atoms with Crippen molar-refractivity contribution >= 4 is 5.91 Å². The molecule has 0 radical (unpaired) electrons. The van der Waals surface area contributed by atoms with E-state index in [4.69, 9.17) is 0 Å². The first-order valence-corrected chi connectivity index (χ1v) is 7.40. The number of β-amino-alcohol motifs (C(OH)–C–C–N with tert-alkyl or cyclic N) is 1. The first-order valence-electron chi connectivity index (χ1n) is 7.40. The Kier molecular flexibility index (Phi) is 5.01. The molecule has 1 amide bonds. The average molecular weight is 327 g/mol. The highest BCUT2D eigenvalue weighted by Gasteiger charge is 2.51. The Hall–Kier alpha value is -0.890. The van der Waals surface area contributed by atoms with Crippen molar-refractivity contribution in [1.82, 2.24) is 4.90 Å². The highest BCUT2D eigenvalue weighted by molar-refractivity contribution is 5.78. The fourth-order valence-electron chi connectivity index (χ4n) is 3.07. The first-order chi connectivity index (χ1) is 10.2. The molecule has 0 aromatic rings. The lowest BCUT2D eigenvalue weighted by Gasteiger charge is -2.41. The van der Waals surface area contributed by atoms with E-state index in [0.717, 1.165) is 19.3 Å². The molecular weight excluding hydrogens is 306 g/mol. The van der Waals surface area contributed by atoms with Gasteiger partial charge in [-0.25, -0.2) is 8.78 Å². The third kappa shape index (κ3) is 3.37. The first kappa shape index (κ1) is 17.5. The van der Waals surface area contributed by atoms with Crippen LogP contribution in [0.2, 0.25) is 0 Å². The monoisotopic (exact) mass is 327 g/mol. The van der Waals surface area contributed by atoms with E-state index in [9.17, 15) is 27.5 Å². The zero-order valence-electron chi connectivity index (χ0n) is 12.4. The summed E-state index contributed by atoms with van der Waals surface area (Å²) in [6, 6.07) is 0. The third-order valence-electron chi connectivity index (χ3n) is 4.80. The van der Waals surface area contributed by atoms with Crippen LogP contribution in [-0.4, -0.2) is 60.2 Å². The molecule has 2 fully saturated rings. The number of carbonyl (C=O) groups excluding carboxylic acids is 1. The van der Waals surface area contributed by atoms with Gasteiger partial charge in [0, 0.05) is 12.5 Å². The summed E-state index contributed by atoms with van der Waals surface area (Å²) in [7, 11) is 0. The number of alkyl halides is 4. The Bertz CT molecular complexity index is 417. The molecule has 128 valence electrons. The van der Waals surface area contributed by atoms with Crippen LogP contribution in [0.3, 0.4) is 0 Å². The summed E-state index contributed by atoms with van der Waals surface area (Å²) in [6.45, 7) is 0.132. The van der Waals surface area contributed by atoms with Crippen molar-refractivity contribution in [2.75, 3.05) is 26.3 Å². The van der Waals surface area contributed by atoms with Gasteiger partial charge in [-0.2, -0.15) is 8.78 Å². The van der Waals surface area contributed by atoms with Crippen molar-refractivity contribution < 1.29 is 32.2 Å². The second-order valence-electron chi connectivity index (χ2n) is 6.35. The SMILES string of the molecule is C[C@@H]1CN(C(=O)COCC(F)(F)C(F)F)C[C@@]1(O)C1CCC1. The normalized spacial score (nSPS) is 30.0. The molecule has 2 aliphatic rings. The van der Waals surface area contributed by atoms with E-state index in [2.05, 4.69) is 4.74 Å². The quantitative estimate of drug-likeness (QED) is 0.758. The third-order valence-corrected chi connectivity index (χ3v) is 4.80. The lowest BCUT2D eigenvalue weighted by atomic mass is 9.69. The molecule has 4 nitrogen and oxygen atoms in total. The largest absolute Gasteiger partial charge is 0.387 e. The fourth-order valence-corrected chi connectivity index (χ4v) is 3.07. The minimum absolute atomic E-state index is 0.107. The van der Waals surface area contributed by atoms with Crippen LogP contribution in [0.1, 0.15) is 26.2 Å². The average Bonchev–Trinajstić information content (AvgIpc) is 2.63. The van der Waals surface area contributed by atoms with Crippen LogP contribution in [0, 0.1) is 11.8 Å². The molecule has 2 atom stereocenters. The minimum atomic E-state index is -4.26.